The molecular weight excluding hydrogens is 315 g/mol. The summed E-state index contributed by atoms with van der Waals surface area (Å²) >= 11 is 3.20. The summed E-state index contributed by atoms with van der Waals surface area (Å²) in [4.78, 5) is 10.9. The normalized spacial score (nSPS) is 10.3. The molecule has 0 spiro atoms. The lowest BCUT2D eigenvalue weighted by atomic mass is 10.1. The maximum atomic E-state index is 12.9. The number of benzene rings is 2. The summed E-state index contributed by atoms with van der Waals surface area (Å²) in [7, 11) is 0. The van der Waals surface area contributed by atoms with Crippen molar-refractivity contribution in [3.63, 3.8) is 0 Å². The van der Waals surface area contributed by atoms with Gasteiger partial charge < -0.3 is 9.84 Å². The second kappa shape index (κ2) is 5.40. The van der Waals surface area contributed by atoms with E-state index in [0.717, 1.165) is 0 Å². The summed E-state index contributed by atoms with van der Waals surface area (Å²) in [5.41, 5.74) is 0.828. The van der Waals surface area contributed by atoms with Gasteiger partial charge in [-0.05, 0) is 64.8 Å². The lowest BCUT2D eigenvalue weighted by molar-refractivity contribution is 0.0696. The van der Waals surface area contributed by atoms with Crippen LogP contribution >= 0.6 is 15.9 Å². The Kier molecular flexibility index (Phi) is 3.85. The van der Waals surface area contributed by atoms with Crippen LogP contribution in [0.3, 0.4) is 0 Å². The van der Waals surface area contributed by atoms with E-state index >= 15 is 0 Å². The first-order valence-electron chi connectivity index (χ1n) is 5.44. The molecule has 2 aromatic rings. The molecule has 0 saturated carbocycles. The van der Waals surface area contributed by atoms with Crippen LogP contribution in [0.2, 0.25) is 0 Å². The molecule has 0 bridgehead atoms. The highest BCUT2D eigenvalue weighted by atomic mass is 79.9. The predicted octanol–water partition coefficient (Wildman–Crippen LogP) is 4.39. The van der Waals surface area contributed by atoms with Gasteiger partial charge in [0.1, 0.15) is 17.3 Å². The van der Waals surface area contributed by atoms with Gasteiger partial charge in [-0.3, -0.25) is 0 Å². The highest BCUT2D eigenvalue weighted by Gasteiger charge is 2.09. The van der Waals surface area contributed by atoms with E-state index in [-0.39, 0.29) is 11.4 Å². The van der Waals surface area contributed by atoms with Crippen LogP contribution in [-0.4, -0.2) is 11.1 Å². The molecule has 0 aliphatic carbocycles. The fourth-order valence-corrected chi connectivity index (χ4v) is 2.06. The Morgan fingerprint density at radius 2 is 2.00 bits per heavy atom. The fraction of sp³-hybridized carbons (Fsp3) is 0.0714. The third-order valence-electron chi connectivity index (χ3n) is 2.55. The summed E-state index contributed by atoms with van der Waals surface area (Å²) in [5, 5.41) is 8.93. The summed E-state index contributed by atoms with van der Waals surface area (Å²) < 4.78 is 19.0. The number of aryl methyl sites for hydroxylation is 1. The van der Waals surface area contributed by atoms with Gasteiger partial charge in [0.2, 0.25) is 0 Å². The average Bonchev–Trinajstić information content (AvgIpc) is 2.32. The van der Waals surface area contributed by atoms with Crippen LogP contribution in [0, 0.1) is 12.7 Å². The number of halogens is 2. The first kappa shape index (κ1) is 13.5. The van der Waals surface area contributed by atoms with Crippen molar-refractivity contribution in [2.45, 2.75) is 6.92 Å². The summed E-state index contributed by atoms with van der Waals surface area (Å²) in [6.45, 7) is 1.69. The first-order chi connectivity index (χ1) is 8.97. The molecule has 0 saturated heterocycles. The van der Waals surface area contributed by atoms with Crippen LogP contribution in [0.5, 0.6) is 11.5 Å². The topological polar surface area (TPSA) is 46.5 Å². The summed E-state index contributed by atoms with van der Waals surface area (Å²) in [6.07, 6.45) is 0. The minimum atomic E-state index is -0.980. The Balaban J connectivity index is 2.29. The van der Waals surface area contributed by atoms with Gasteiger partial charge in [0, 0.05) is 0 Å². The molecule has 2 rings (SSSR count). The Morgan fingerprint density at radius 3 is 2.58 bits per heavy atom. The second-order valence-corrected chi connectivity index (χ2v) is 4.81. The number of carbonyl (C=O) groups is 1. The lowest BCUT2D eigenvalue weighted by Gasteiger charge is -2.09. The monoisotopic (exact) mass is 324 g/mol. The molecule has 0 aliphatic rings. The van der Waals surface area contributed by atoms with Crippen molar-refractivity contribution in [3.8, 4) is 11.5 Å². The zero-order valence-corrected chi connectivity index (χ0v) is 11.6. The molecule has 0 heterocycles. The van der Waals surface area contributed by atoms with Gasteiger partial charge in [0.05, 0.1) is 10.0 Å². The number of hydrogen-bond acceptors (Lipinski definition) is 2. The van der Waals surface area contributed by atoms with Crippen molar-refractivity contribution in [2.75, 3.05) is 0 Å². The molecule has 0 aliphatic heterocycles. The van der Waals surface area contributed by atoms with E-state index < -0.39 is 5.97 Å². The average molecular weight is 325 g/mol. The standard InChI is InChI=1S/C14H10BrFO3/c1-8-6-10(3-4-11(8)14(17)18)19-13-5-2-9(16)7-12(13)15/h2-7H,1H3,(H,17,18). The van der Waals surface area contributed by atoms with Crippen molar-refractivity contribution in [1.82, 2.24) is 0 Å². The van der Waals surface area contributed by atoms with E-state index in [1.807, 2.05) is 0 Å². The van der Waals surface area contributed by atoms with Crippen LogP contribution in [0.15, 0.2) is 40.9 Å². The lowest BCUT2D eigenvalue weighted by Crippen LogP contribution is -1.99. The third kappa shape index (κ3) is 3.12. The molecule has 0 atom stereocenters. The van der Waals surface area contributed by atoms with E-state index in [9.17, 15) is 9.18 Å². The highest BCUT2D eigenvalue weighted by Crippen LogP contribution is 2.31. The molecular formula is C14H10BrFO3. The number of rotatable bonds is 3. The predicted molar refractivity (Wildman–Crippen MR) is 72.3 cm³/mol. The van der Waals surface area contributed by atoms with Gasteiger partial charge in [-0.25, -0.2) is 9.18 Å². The molecule has 98 valence electrons. The number of ether oxygens (including phenoxy) is 1. The molecule has 19 heavy (non-hydrogen) atoms. The van der Waals surface area contributed by atoms with Crippen LogP contribution < -0.4 is 4.74 Å². The highest BCUT2D eigenvalue weighted by molar-refractivity contribution is 9.10. The molecule has 0 unspecified atom stereocenters. The fourth-order valence-electron chi connectivity index (χ4n) is 1.62. The smallest absolute Gasteiger partial charge is 0.335 e. The zero-order valence-electron chi connectivity index (χ0n) is 9.98. The van der Waals surface area contributed by atoms with E-state index in [2.05, 4.69) is 15.9 Å². The molecule has 0 radical (unpaired) electrons. The molecule has 2 aromatic carbocycles. The van der Waals surface area contributed by atoms with E-state index in [0.29, 0.717) is 21.5 Å². The quantitative estimate of drug-likeness (QED) is 0.910. The van der Waals surface area contributed by atoms with Gasteiger partial charge in [-0.15, -0.1) is 0 Å². The Hall–Kier alpha value is -1.88. The summed E-state index contributed by atoms with van der Waals surface area (Å²) in [5.74, 6) is -0.387. The maximum absolute atomic E-state index is 12.9. The Morgan fingerprint density at radius 1 is 1.26 bits per heavy atom. The molecule has 0 aromatic heterocycles. The van der Waals surface area contributed by atoms with E-state index in [1.54, 1.807) is 19.1 Å². The van der Waals surface area contributed by atoms with Crippen molar-refractivity contribution < 1.29 is 19.0 Å². The Labute approximate surface area is 117 Å². The third-order valence-corrected chi connectivity index (χ3v) is 3.17. The number of carboxylic acids is 1. The van der Waals surface area contributed by atoms with Gasteiger partial charge in [0.15, 0.2) is 0 Å². The second-order valence-electron chi connectivity index (χ2n) is 3.96. The van der Waals surface area contributed by atoms with E-state index in [1.165, 1.54) is 24.3 Å². The van der Waals surface area contributed by atoms with E-state index in [4.69, 9.17) is 9.84 Å². The van der Waals surface area contributed by atoms with Crippen LogP contribution in [0.25, 0.3) is 0 Å². The van der Waals surface area contributed by atoms with Crippen molar-refractivity contribution >= 4 is 21.9 Å². The zero-order chi connectivity index (χ0) is 14.0. The Bertz CT molecular complexity index is 641. The molecule has 0 fully saturated rings. The largest absolute Gasteiger partial charge is 0.478 e. The van der Waals surface area contributed by atoms with Gasteiger partial charge in [-0.2, -0.15) is 0 Å². The van der Waals surface area contributed by atoms with Crippen LogP contribution in [-0.2, 0) is 0 Å². The van der Waals surface area contributed by atoms with Crippen LogP contribution in [0.1, 0.15) is 15.9 Å². The van der Waals surface area contributed by atoms with Crippen LogP contribution in [0.4, 0.5) is 4.39 Å². The minimum absolute atomic E-state index is 0.227. The number of hydrogen-bond donors (Lipinski definition) is 1. The molecule has 0 amide bonds. The van der Waals surface area contributed by atoms with Crippen molar-refractivity contribution in [2.24, 2.45) is 0 Å². The number of aromatic carboxylic acids is 1. The van der Waals surface area contributed by atoms with Gasteiger partial charge >= 0.3 is 5.97 Å². The molecule has 5 heteroatoms. The number of carboxylic acid groups (broad SMARTS) is 1. The van der Waals surface area contributed by atoms with Crippen molar-refractivity contribution in [1.29, 1.82) is 0 Å². The SMILES string of the molecule is Cc1cc(Oc2ccc(F)cc2Br)ccc1C(=O)O. The molecule has 3 nitrogen and oxygen atoms in total. The first-order valence-corrected chi connectivity index (χ1v) is 6.23. The molecule has 1 N–H and O–H groups in total. The minimum Gasteiger partial charge on any atom is -0.478 e. The maximum Gasteiger partial charge on any atom is 0.335 e. The van der Waals surface area contributed by atoms with Gasteiger partial charge in [-0.1, -0.05) is 0 Å². The van der Waals surface area contributed by atoms with Crippen molar-refractivity contribution in [3.05, 3.63) is 57.8 Å². The van der Waals surface area contributed by atoms with Gasteiger partial charge in [0.25, 0.3) is 0 Å². The summed E-state index contributed by atoms with van der Waals surface area (Å²) in [6, 6.07) is 8.75.